The minimum atomic E-state index is -0.636. The standard InChI is InChI=1S/C17H17NO4/c1-3-21-16(19)14-13(12-8-6-5-7-9-12)10-11-18-15(14)17(20)22-4-2/h5-11H,3-4H2,1-2H3. The summed E-state index contributed by atoms with van der Waals surface area (Å²) in [5.74, 6) is -1.22. The van der Waals surface area contributed by atoms with Crippen LogP contribution < -0.4 is 0 Å². The molecule has 1 aromatic carbocycles. The second-order valence-corrected chi connectivity index (χ2v) is 4.39. The summed E-state index contributed by atoms with van der Waals surface area (Å²) in [5, 5.41) is 0. The van der Waals surface area contributed by atoms with Gasteiger partial charge in [0.05, 0.1) is 13.2 Å². The van der Waals surface area contributed by atoms with E-state index in [4.69, 9.17) is 9.47 Å². The molecule has 0 unspecified atom stereocenters. The molecule has 0 amide bonds. The molecule has 0 saturated heterocycles. The Morgan fingerprint density at radius 1 is 0.955 bits per heavy atom. The fourth-order valence-electron chi connectivity index (χ4n) is 2.08. The molecule has 0 saturated carbocycles. The minimum absolute atomic E-state index is 0.0262. The molecular weight excluding hydrogens is 282 g/mol. The van der Waals surface area contributed by atoms with E-state index in [1.165, 1.54) is 6.20 Å². The van der Waals surface area contributed by atoms with E-state index >= 15 is 0 Å². The van der Waals surface area contributed by atoms with E-state index in [-0.39, 0.29) is 24.5 Å². The molecule has 2 rings (SSSR count). The number of nitrogens with zero attached hydrogens (tertiary/aromatic N) is 1. The van der Waals surface area contributed by atoms with Crippen LogP contribution in [0.3, 0.4) is 0 Å². The van der Waals surface area contributed by atoms with E-state index in [1.807, 2.05) is 30.3 Å². The lowest BCUT2D eigenvalue weighted by Gasteiger charge is -2.12. The molecular formula is C17H17NO4. The van der Waals surface area contributed by atoms with Gasteiger partial charge in [0, 0.05) is 11.8 Å². The number of carbonyl (C=O) groups is 2. The molecule has 114 valence electrons. The number of benzene rings is 1. The van der Waals surface area contributed by atoms with Crippen LogP contribution in [0.15, 0.2) is 42.6 Å². The summed E-state index contributed by atoms with van der Waals surface area (Å²) in [5.41, 5.74) is 1.51. The average molecular weight is 299 g/mol. The summed E-state index contributed by atoms with van der Waals surface area (Å²) < 4.78 is 10.1. The zero-order valence-corrected chi connectivity index (χ0v) is 12.5. The second kappa shape index (κ2) is 7.36. The molecule has 22 heavy (non-hydrogen) atoms. The first-order valence-corrected chi connectivity index (χ1v) is 7.07. The summed E-state index contributed by atoms with van der Waals surface area (Å²) in [6.07, 6.45) is 1.48. The van der Waals surface area contributed by atoms with Crippen LogP contribution in [0.5, 0.6) is 0 Å². The number of rotatable bonds is 5. The SMILES string of the molecule is CCOC(=O)c1nccc(-c2ccccc2)c1C(=O)OCC. The van der Waals surface area contributed by atoms with E-state index in [9.17, 15) is 9.59 Å². The number of hydrogen-bond donors (Lipinski definition) is 0. The zero-order valence-electron chi connectivity index (χ0n) is 12.5. The van der Waals surface area contributed by atoms with Gasteiger partial charge in [-0.25, -0.2) is 14.6 Å². The topological polar surface area (TPSA) is 65.5 Å². The Labute approximate surface area is 128 Å². The maximum absolute atomic E-state index is 12.3. The molecule has 0 aliphatic carbocycles. The third-order valence-electron chi connectivity index (χ3n) is 2.98. The van der Waals surface area contributed by atoms with Gasteiger partial charge in [-0.2, -0.15) is 0 Å². The monoisotopic (exact) mass is 299 g/mol. The summed E-state index contributed by atoms with van der Waals surface area (Å²) >= 11 is 0. The molecule has 1 heterocycles. The number of ether oxygens (including phenoxy) is 2. The Hall–Kier alpha value is -2.69. The Kier molecular flexibility index (Phi) is 5.25. The van der Waals surface area contributed by atoms with Crippen molar-refractivity contribution < 1.29 is 19.1 Å². The van der Waals surface area contributed by atoms with Crippen molar-refractivity contribution in [3.05, 3.63) is 53.9 Å². The average Bonchev–Trinajstić information content (AvgIpc) is 2.55. The van der Waals surface area contributed by atoms with Gasteiger partial charge in [-0.15, -0.1) is 0 Å². The van der Waals surface area contributed by atoms with Crippen molar-refractivity contribution in [3.8, 4) is 11.1 Å². The Bertz CT molecular complexity index is 668. The van der Waals surface area contributed by atoms with Crippen molar-refractivity contribution in [1.82, 2.24) is 4.98 Å². The van der Waals surface area contributed by atoms with Gasteiger partial charge in [-0.05, 0) is 25.5 Å². The van der Waals surface area contributed by atoms with Crippen LogP contribution in [0.2, 0.25) is 0 Å². The highest BCUT2D eigenvalue weighted by atomic mass is 16.5. The first kappa shape index (κ1) is 15.7. The van der Waals surface area contributed by atoms with E-state index in [2.05, 4.69) is 4.98 Å². The first-order chi connectivity index (χ1) is 10.7. The predicted molar refractivity (Wildman–Crippen MR) is 81.6 cm³/mol. The normalized spacial score (nSPS) is 10.1. The largest absolute Gasteiger partial charge is 0.462 e. The van der Waals surface area contributed by atoms with Gasteiger partial charge in [-0.1, -0.05) is 30.3 Å². The van der Waals surface area contributed by atoms with Crippen molar-refractivity contribution in [2.45, 2.75) is 13.8 Å². The van der Waals surface area contributed by atoms with E-state index < -0.39 is 11.9 Å². The van der Waals surface area contributed by atoms with E-state index in [1.54, 1.807) is 19.9 Å². The molecule has 0 spiro atoms. The van der Waals surface area contributed by atoms with Gasteiger partial charge in [0.1, 0.15) is 5.56 Å². The molecule has 0 radical (unpaired) electrons. The van der Waals surface area contributed by atoms with E-state index in [0.29, 0.717) is 5.56 Å². The maximum Gasteiger partial charge on any atom is 0.357 e. The molecule has 0 N–H and O–H groups in total. The van der Waals surface area contributed by atoms with Gasteiger partial charge in [0.2, 0.25) is 0 Å². The molecule has 0 atom stereocenters. The van der Waals surface area contributed by atoms with E-state index in [0.717, 1.165) is 5.56 Å². The second-order valence-electron chi connectivity index (χ2n) is 4.39. The molecule has 0 fully saturated rings. The third-order valence-corrected chi connectivity index (χ3v) is 2.98. The summed E-state index contributed by atoms with van der Waals surface area (Å²) in [6, 6.07) is 11.0. The summed E-state index contributed by atoms with van der Waals surface area (Å²) in [4.78, 5) is 28.4. The number of aromatic nitrogens is 1. The van der Waals surface area contributed by atoms with Crippen molar-refractivity contribution in [3.63, 3.8) is 0 Å². The Morgan fingerprint density at radius 3 is 2.23 bits per heavy atom. The Morgan fingerprint density at radius 2 is 1.59 bits per heavy atom. The van der Waals surface area contributed by atoms with Crippen LogP contribution in [0.25, 0.3) is 11.1 Å². The lowest BCUT2D eigenvalue weighted by atomic mass is 9.99. The van der Waals surface area contributed by atoms with Crippen LogP contribution in [-0.4, -0.2) is 30.1 Å². The van der Waals surface area contributed by atoms with Crippen molar-refractivity contribution in [2.75, 3.05) is 13.2 Å². The minimum Gasteiger partial charge on any atom is -0.462 e. The van der Waals surface area contributed by atoms with Crippen LogP contribution in [0.1, 0.15) is 34.7 Å². The smallest absolute Gasteiger partial charge is 0.357 e. The molecule has 5 heteroatoms. The summed E-state index contributed by atoms with van der Waals surface area (Å²) in [7, 11) is 0. The molecule has 0 bridgehead atoms. The highest BCUT2D eigenvalue weighted by Gasteiger charge is 2.25. The number of hydrogen-bond acceptors (Lipinski definition) is 5. The molecule has 2 aromatic rings. The van der Waals surface area contributed by atoms with Crippen LogP contribution in [0.4, 0.5) is 0 Å². The molecule has 5 nitrogen and oxygen atoms in total. The number of pyridine rings is 1. The highest BCUT2D eigenvalue weighted by Crippen LogP contribution is 2.26. The molecule has 0 aliphatic rings. The molecule has 0 aliphatic heterocycles. The lowest BCUT2D eigenvalue weighted by molar-refractivity contribution is 0.0474. The van der Waals surface area contributed by atoms with Gasteiger partial charge < -0.3 is 9.47 Å². The maximum atomic E-state index is 12.3. The summed E-state index contributed by atoms with van der Waals surface area (Å²) in [6.45, 7) is 3.83. The predicted octanol–water partition coefficient (Wildman–Crippen LogP) is 3.10. The Balaban J connectivity index is 2.60. The van der Waals surface area contributed by atoms with Gasteiger partial charge in [0.15, 0.2) is 5.69 Å². The third kappa shape index (κ3) is 3.31. The van der Waals surface area contributed by atoms with Gasteiger partial charge >= 0.3 is 11.9 Å². The van der Waals surface area contributed by atoms with Crippen molar-refractivity contribution in [1.29, 1.82) is 0 Å². The highest BCUT2D eigenvalue weighted by molar-refractivity contribution is 6.06. The van der Waals surface area contributed by atoms with Gasteiger partial charge in [-0.3, -0.25) is 0 Å². The van der Waals surface area contributed by atoms with Crippen LogP contribution in [0, 0.1) is 0 Å². The fourth-order valence-corrected chi connectivity index (χ4v) is 2.08. The quantitative estimate of drug-likeness (QED) is 0.794. The number of esters is 2. The van der Waals surface area contributed by atoms with Crippen LogP contribution in [-0.2, 0) is 9.47 Å². The lowest BCUT2D eigenvalue weighted by Crippen LogP contribution is -2.17. The van der Waals surface area contributed by atoms with Crippen LogP contribution >= 0.6 is 0 Å². The zero-order chi connectivity index (χ0) is 15.9. The molecule has 1 aromatic heterocycles. The number of carbonyl (C=O) groups excluding carboxylic acids is 2. The fraction of sp³-hybridized carbons (Fsp3) is 0.235. The van der Waals surface area contributed by atoms with Crippen molar-refractivity contribution in [2.24, 2.45) is 0 Å². The van der Waals surface area contributed by atoms with Crippen molar-refractivity contribution >= 4 is 11.9 Å². The first-order valence-electron chi connectivity index (χ1n) is 7.07. The van der Waals surface area contributed by atoms with Gasteiger partial charge in [0.25, 0.3) is 0 Å².